The summed E-state index contributed by atoms with van der Waals surface area (Å²) in [5, 5.41) is 10.8. The van der Waals surface area contributed by atoms with Crippen LogP contribution in [-0.2, 0) is 16.1 Å². The summed E-state index contributed by atoms with van der Waals surface area (Å²) >= 11 is 0. The number of hydrogen-bond acceptors (Lipinski definition) is 7. The molecule has 2 aromatic rings. The molecule has 0 radical (unpaired) electrons. The van der Waals surface area contributed by atoms with Crippen LogP contribution in [-0.4, -0.2) is 31.2 Å². The molecule has 0 heterocycles. The van der Waals surface area contributed by atoms with Crippen LogP contribution in [0.25, 0.3) is 0 Å². The number of nitro benzene ring substituents is 1. The van der Waals surface area contributed by atoms with Crippen molar-refractivity contribution in [3.8, 4) is 17.2 Å². The Labute approximate surface area is 150 Å². The quantitative estimate of drug-likeness (QED) is 0.384. The van der Waals surface area contributed by atoms with E-state index in [2.05, 4.69) is 0 Å². The minimum Gasteiger partial charge on any atom is -0.496 e. The van der Waals surface area contributed by atoms with Crippen LogP contribution >= 0.6 is 0 Å². The fourth-order valence-corrected chi connectivity index (χ4v) is 2.13. The lowest BCUT2D eigenvalue weighted by atomic mass is 10.2. The van der Waals surface area contributed by atoms with Crippen LogP contribution in [0, 0.1) is 10.1 Å². The number of hydrogen-bond donors (Lipinski definition) is 0. The number of benzene rings is 2. The van der Waals surface area contributed by atoms with Gasteiger partial charge in [-0.3, -0.25) is 10.1 Å². The summed E-state index contributed by atoms with van der Waals surface area (Å²) in [5.41, 5.74) is 0.290. The number of non-ortho nitro benzene ring substituents is 1. The molecule has 0 saturated carbocycles. The van der Waals surface area contributed by atoms with Crippen LogP contribution in [0.5, 0.6) is 17.2 Å². The molecule has 0 spiro atoms. The van der Waals surface area contributed by atoms with E-state index in [0.717, 1.165) is 0 Å². The van der Waals surface area contributed by atoms with Crippen molar-refractivity contribution in [3.05, 3.63) is 58.1 Å². The summed E-state index contributed by atoms with van der Waals surface area (Å²) in [5.74, 6) is 1.00. The SMILES string of the molecule is CCOc1ccc(OCC(=O)OCc2cc([N+](=O)[O-])ccc2OC)cc1. The van der Waals surface area contributed by atoms with Crippen LogP contribution in [0.3, 0.4) is 0 Å². The first kappa shape index (κ1) is 19.0. The Morgan fingerprint density at radius 2 is 1.73 bits per heavy atom. The standard InChI is InChI=1S/C18H19NO7/c1-3-24-15-5-7-16(8-6-15)25-12-18(20)26-11-13-10-14(19(21)22)4-9-17(13)23-2/h4-10H,3,11-12H2,1-2H3. The molecule has 0 aromatic heterocycles. The Balaban J connectivity index is 1.88. The Kier molecular flexibility index (Phi) is 6.78. The lowest BCUT2D eigenvalue weighted by Gasteiger charge is -2.10. The minimum atomic E-state index is -0.604. The van der Waals surface area contributed by atoms with E-state index in [-0.39, 0.29) is 18.9 Å². The zero-order valence-electron chi connectivity index (χ0n) is 14.5. The van der Waals surface area contributed by atoms with Gasteiger partial charge in [-0.15, -0.1) is 0 Å². The molecule has 138 valence electrons. The molecule has 0 aliphatic heterocycles. The third kappa shape index (κ3) is 5.37. The molecule has 0 atom stereocenters. The molecule has 8 heteroatoms. The van der Waals surface area contributed by atoms with Crippen LogP contribution in [0.15, 0.2) is 42.5 Å². The smallest absolute Gasteiger partial charge is 0.344 e. The first-order valence-electron chi connectivity index (χ1n) is 7.86. The number of rotatable bonds is 9. The summed E-state index contributed by atoms with van der Waals surface area (Å²) in [7, 11) is 1.43. The molecule has 0 saturated heterocycles. The van der Waals surface area contributed by atoms with E-state index >= 15 is 0 Å². The maximum Gasteiger partial charge on any atom is 0.344 e. The molecular weight excluding hydrogens is 342 g/mol. The molecule has 2 rings (SSSR count). The average Bonchev–Trinajstić information content (AvgIpc) is 2.65. The fourth-order valence-electron chi connectivity index (χ4n) is 2.13. The number of methoxy groups -OCH3 is 1. The van der Waals surface area contributed by atoms with E-state index in [1.807, 2.05) is 6.92 Å². The Morgan fingerprint density at radius 3 is 2.31 bits per heavy atom. The van der Waals surface area contributed by atoms with E-state index in [1.165, 1.54) is 25.3 Å². The van der Waals surface area contributed by atoms with Gasteiger partial charge < -0.3 is 18.9 Å². The highest BCUT2D eigenvalue weighted by Gasteiger charge is 2.13. The normalized spacial score (nSPS) is 10.1. The van der Waals surface area contributed by atoms with Crippen molar-refractivity contribution in [1.82, 2.24) is 0 Å². The zero-order valence-corrected chi connectivity index (χ0v) is 14.5. The van der Waals surface area contributed by atoms with Gasteiger partial charge in [0.25, 0.3) is 5.69 Å². The van der Waals surface area contributed by atoms with Crippen LogP contribution in [0.2, 0.25) is 0 Å². The van der Waals surface area contributed by atoms with Crippen molar-refractivity contribution in [1.29, 1.82) is 0 Å². The molecule has 0 aliphatic carbocycles. The molecule has 0 unspecified atom stereocenters. The number of nitro groups is 1. The van der Waals surface area contributed by atoms with Gasteiger partial charge in [0.15, 0.2) is 6.61 Å². The van der Waals surface area contributed by atoms with E-state index < -0.39 is 10.9 Å². The fraction of sp³-hybridized carbons (Fsp3) is 0.278. The summed E-state index contributed by atoms with van der Waals surface area (Å²) in [6.07, 6.45) is 0. The molecule has 26 heavy (non-hydrogen) atoms. The lowest BCUT2D eigenvalue weighted by molar-refractivity contribution is -0.385. The third-order valence-corrected chi connectivity index (χ3v) is 3.35. The van der Waals surface area contributed by atoms with Crippen molar-refractivity contribution >= 4 is 11.7 Å². The molecule has 0 fully saturated rings. The van der Waals surface area contributed by atoms with Crippen molar-refractivity contribution in [2.75, 3.05) is 20.3 Å². The Morgan fingerprint density at radius 1 is 1.08 bits per heavy atom. The largest absolute Gasteiger partial charge is 0.496 e. The Hall–Kier alpha value is -3.29. The maximum atomic E-state index is 11.8. The van der Waals surface area contributed by atoms with Gasteiger partial charge in [0, 0.05) is 17.7 Å². The van der Waals surface area contributed by atoms with Gasteiger partial charge in [-0.1, -0.05) is 0 Å². The molecular formula is C18H19NO7. The predicted octanol–water partition coefficient (Wildman–Crippen LogP) is 3.12. The highest BCUT2D eigenvalue weighted by atomic mass is 16.6. The van der Waals surface area contributed by atoms with Gasteiger partial charge in [-0.05, 0) is 37.3 Å². The average molecular weight is 361 g/mol. The van der Waals surface area contributed by atoms with Crippen molar-refractivity contribution in [3.63, 3.8) is 0 Å². The van der Waals surface area contributed by atoms with E-state index in [1.54, 1.807) is 24.3 Å². The van der Waals surface area contributed by atoms with Crippen LogP contribution in [0.4, 0.5) is 5.69 Å². The van der Waals surface area contributed by atoms with E-state index in [0.29, 0.717) is 29.4 Å². The summed E-state index contributed by atoms with van der Waals surface area (Å²) in [6, 6.07) is 10.9. The van der Waals surface area contributed by atoms with Crippen molar-refractivity contribution in [2.45, 2.75) is 13.5 Å². The number of carbonyl (C=O) groups is 1. The second-order valence-electron chi connectivity index (χ2n) is 5.11. The minimum absolute atomic E-state index is 0.109. The maximum absolute atomic E-state index is 11.8. The first-order chi connectivity index (χ1) is 12.5. The highest BCUT2D eigenvalue weighted by molar-refractivity contribution is 5.71. The second kappa shape index (κ2) is 9.26. The first-order valence-corrected chi connectivity index (χ1v) is 7.86. The molecule has 0 amide bonds. The topological polar surface area (TPSA) is 97.1 Å². The number of ether oxygens (including phenoxy) is 4. The number of esters is 1. The second-order valence-corrected chi connectivity index (χ2v) is 5.11. The molecule has 0 bridgehead atoms. The molecule has 8 nitrogen and oxygen atoms in total. The lowest BCUT2D eigenvalue weighted by Crippen LogP contribution is -2.15. The van der Waals surface area contributed by atoms with E-state index in [4.69, 9.17) is 18.9 Å². The van der Waals surface area contributed by atoms with Crippen molar-refractivity contribution in [2.24, 2.45) is 0 Å². The van der Waals surface area contributed by atoms with Gasteiger partial charge in [-0.25, -0.2) is 4.79 Å². The third-order valence-electron chi connectivity index (χ3n) is 3.35. The summed E-state index contributed by atoms with van der Waals surface area (Å²) < 4.78 is 20.9. The van der Waals surface area contributed by atoms with Gasteiger partial charge in [0.1, 0.15) is 23.9 Å². The van der Waals surface area contributed by atoms with E-state index in [9.17, 15) is 14.9 Å². The molecule has 2 aromatic carbocycles. The number of carbonyl (C=O) groups excluding carboxylic acids is 1. The molecule has 0 N–H and O–H groups in total. The predicted molar refractivity (Wildman–Crippen MR) is 92.6 cm³/mol. The Bertz CT molecular complexity index is 759. The summed E-state index contributed by atoms with van der Waals surface area (Å²) in [6.45, 7) is 2.01. The van der Waals surface area contributed by atoms with Gasteiger partial charge in [-0.2, -0.15) is 0 Å². The van der Waals surface area contributed by atoms with Gasteiger partial charge in [0.2, 0.25) is 0 Å². The van der Waals surface area contributed by atoms with Gasteiger partial charge in [0.05, 0.1) is 18.6 Å². The van der Waals surface area contributed by atoms with Gasteiger partial charge >= 0.3 is 5.97 Å². The zero-order chi connectivity index (χ0) is 18.9. The van der Waals surface area contributed by atoms with Crippen molar-refractivity contribution < 1.29 is 28.7 Å². The summed E-state index contributed by atoms with van der Waals surface area (Å²) in [4.78, 5) is 22.1. The number of nitrogens with zero attached hydrogens (tertiary/aromatic N) is 1. The monoisotopic (exact) mass is 361 g/mol. The highest BCUT2D eigenvalue weighted by Crippen LogP contribution is 2.24. The molecule has 0 aliphatic rings. The van der Waals surface area contributed by atoms with Crippen LogP contribution in [0.1, 0.15) is 12.5 Å². The van der Waals surface area contributed by atoms with Crippen LogP contribution < -0.4 is 14.2 Å².